The van der Waals surface area contributed by atoms with E-state index in [1.54, 1.807) is 45.2 Å². The summed E-state index contributed by atoms with van der Waals surface area (Å²) in [6.07, 6.45) is 2.99. The number of aromatic nitrogens is 3. The highest BCUT2D eigenvalue weighted by molar-refractivity contribution is 7.89. The maximum absolute atomic E-state index is 13.6. The zero-order valence-corrected chi connectivity index (χ0v) is 21.2. The molecule has 0 spiro atoms. The minimum absolute atomic E-state index is 0.00279. The first kappa shape index (κ1) is 25.4. The smallest absolute Gasteiger partial charge is 0.342 e. The van der Waals surface area contributed by atoms with Gasteiger partial charge >= 0.3 is 5.97 Å². The molecule has 11 heteroatoms. The van der Waals surface area contributed by atoms with Crippen molar-refractivity contribution in [1.29, 1.82) is 0 Å². The number of hydrogen-bond donors (Lipinski definition) is 0. The third-order valence-corrected chi connectivity index (χ3v) is 8.02. The Hall–Kier alpha value is -3.70. The van der Waals surface area contributed by atoms with Crippen molar-refractivity contribution in [2.75, 3.05) is 26.2 Å². The van der Waals surface area contributed by atoms with Crippen molar-refractivity contribution in [2.24, 2.45) is 0 Å². The molecule has 1 saturated heterocycles. The first-order valence-corrected chi connectivity index (χ1v) is 12.9. The number of hydrogen-bond acceptors (Lipinski definition) is 8. The second-order valence-electron chi connectivity index (χ2n) is 8.51. The molecule has 0 radical (unpaired) electrons. The van der Waals surface area contributed by atoms with Crippen LogP contribution in [0.15, 0.2) is 54.1 Å². The summed E-state index contributed by atoms with van der Waals surface area (Å²) < 4.78 is 33.7. The van der Waals surface area contributed by atoms with Gasteiger partial charge in [-0.1, -0.05) is 30.9 Å². The van der Waals surface area contributed by atoms with Crippen LogP contribution >= 0.6 is 0 Å². The van der Waals surface area contributed by atoms with Crippen molar-refractivity contribution in [3.63, 3.8) is 0 Å². The summed E-state index contributed by atoms with van der Waals surface area (Å²) in [5, 5.41) is 0.727. The van der Waals surface area contributed by atoms with E-state index in [9.17, 15) is 18.0 Å². The molecule has 3 aromatic rings. The number of para-hydroxylation sites is 1. The van der Waals surface area contributed by atoms with Gasteiger partial charge in [-0.2, -0.15) is 4.31 Å². The average Bonchev–Trinajstić information content (AvgIpc) is 2.85. The normalized spacial score (nSPS) is 16.6. The summed E-state index contributed by atoms with van der Waals surface area (Å²) in [7, 11) is -3.87. The highest BCUT2D eigenvalue weighted by Crippen LogP contribution is 2.27. The first-order chi connectivity index (χ1) is 17.1. The summed E-state index contributed by atoms with van der Waals surface area (Å²) in [6.45, 7) is 8.83. The summed E-state index contributed by atoms with van der Waals surface area (Å²) in [6, 6.07) is 8.09. The molecule has 1 fully saturated rings. The van der Waals surface area contributed by atoms with Crippen LogP contribution in [0.2, 0.25) is 0 Å². The van der Waals surface area contributed by atoms with Crippen LogP contribution in [0.3, 0.4) is 0 Å². The van der Waals surface area contributed by atoms with E-state index in [0.29, 0.717) is 17.0 Å². The lowest BCUT2D eigenvalue weighted by molar-refractivity contribution is 0.0529. The number of sulfonamides is 1. The number of rotatable bonds is 6. The van der Waals surface area contributed by atoms with Crippen LogP contribution < -0.4 is 0 Å². The predicted molar refractivity (Wildman–Crippen MR) is 133 cm³/mol. The van der Waals surface area contributed by atoms with Gasteiger partial charge in [0.05, 0.1) is 11.2 Å². The van der Waals surface area contributed by atoms with Crippen LogP contribution in [-0.4, -0.2) is 76.7 Å². The Morgan fingerprint density at radius 2 is 1.92 bits per heavy atom. The third kappa shape index (κ3) is 4.71. The Morgan fingerprint density at radius 3 is 2.64 bits per heavy atom. The zero-order valence-electron chi connectivity index (χ0n) is 20.3. The van der Waals surface area contributed by atoms with Crippen molar-refractivity contribution in [2.45, 2.75) is 31.7 Å². The number of esters is 1. The quantitative estimate of drug-likeness (QED) is 0.367. The summed E-state index contributed by atoms with van der Waals surface area (Å²) >= 11 is 0. The Bertz CT molecular complexity index is 1450. The number of fused-ring (bicyclic) bond motifs is 1. The molecule has 1 aliphatic heterocycles. The lowest BCUT2D eigenvalue weighted by Crippen LogP contribution is -2.55. The molecule has 1 amide bonds. The fourth-order valence-electron chi connectivity index (χ4n) is 4.36. The number of carbonyl (C=O) groups is 2. The van der Waals surface area contributed by atoms with Gasteiger partial charge in [-0.25, -0.2) is 23.2 Å². The lowest BCUT2D eigenvalue weighted by Gasteiger charge is -2.39. The molecule has 0 bridgehead atoms. The topological polar surface area (TPSA) is 123 Å². The van der Waals surface area contributed by atoms with Crippen LogP contribution in [0.1, 0.15) is 39.3 Å². The van der Waals surface area contributed by atoms with Crippen molar-refractivity contribution in [1.82, 2.24) is 24.2 Å². The standard InChI is InChI=1S/C25H27N5O5S/c1-5-14-35-25(32)21-17(3)27-18(4)28-23(21)24(31)29-12-13-30(16(2)15-29)36(33,34)20-10-6-8-19-9-7-11-26-22(19)20/h5-11,16H,1,12-15H2,2-4H3. The van der Waals surface area contributed by atoms with Crippen LogP contribution in [-0.2, 0) is 14.8 Å². The molecule has 3 heterocycles. The number of benzene rings is 1. The Labute approximate surface area is 209 Å². The lowest BCUT2D eigenvalue weighted by atomic mass is 10.1. The fourth-order valence-corrected chi connectivity index (χ4v) is 6.14. The monoisotopic (exact) mass is 509 g/mol. The van der Waals surface area contributed by atoms with Crippen molar-refractivity contribution in [3.05, 3.63) is 72.0 Å². The van der Waals surface area contributed by atoms with E-state index in [-0.39, 0.29) is 42.4 Å². The van der Waals surface area contributed by atoms with Gasteiger partial charge in [-0.05, 0) is 32.9 Å². The van der Waals surface area contributed by atoms with Crippen molar-refractivity contribution >= 4 is 32.8 Å². The van der Waals surface area contributed by atoms with Crippen LogP contribution in [0.5, 0.6) is 0 Å². The summed E-state index contributed by atoms with van der Waals surface area (Å²) in [5.74, 6) is -0.854. The molecular formula is C25H27N5O5S. The van der Waals surface area contributed by atoms with Crippen LogP contribution in [0.4, 0.5) is 0 Å². The number of piperazine rings is 1. The molecular weight excluding hydrogens is 482 g/mol. The van der Waals surface area contributed by atoms with E-state index in [4.69, 9.17) is 4.74 Å². The second kappa shape index (κ2) is 10.1. The van der Waals surface area contributed by atoms with Gasteiger partial charge in [-0.3, -0.25) is 9.78 Å². The van der Waals surface area contributed by atoms with Gasteiger partial charge in [0.1, 0.15) is 28.6 Å². The summed E-state index contributed by atoms with van der Waals surface area (Å²) in [4.78, 5) is 40.5. The van der Waals surface area contributed by atoms with E-state index < -0.39 is 27.9 Å². The fraction of sp³-hybridized carbons (Fsp3) is 0.320. The van der Waals surface area contributed by atoms with Gasteiger partial charge in [0, 0.05) is 37.3 Å². The summed E-state index contributed by atoms with van der Waals surface area (Å²) in [5.41, 5.74) is 0.672. The number of aryl methyl sites for hydroxylation is 2. The van der Waals surface area contributed by atoms with Gasteiger partial charge < -0.3 is 9.64 Å². The van der Waals surface area contributed by atoms with E-state index >= 15 is 0 Å². The van der Waals surface area contributed by atoms with E-state index in [1.165, 1.54) is 15.3 Å². The highest BCUT2D eigenvalue weighted by Gasteiger charge is 2.38. The van der Waals surface area contributed by atoms with Gasteiger partial charge in [0.15, 0.2) is 0 Å². The molecule has 188 valence electrons. The minimum atomic E-state index is -3.87. The maximum atomic E-state index is 13.6. The Kier molecular flexibility index (Phi) is 7.14. The van der Waals surface area contributed by atoms with Crippen molar-refractivity contribution < 1.29 is 22.7 Å². The van der Waals surface area contributed by atoms with Gasteiger partial charge in [-0.15, -0.1) is 0 Å². The molecule has 36 heavy (non-hydrogen) atoms. The molecule has 2 aromatic heterocycles. The van der Waals surface area contributed by atoms with Crippen LogP contribution in [0.25, 0.3) is 10.9 Å². The molecule has 10 nitrogen and oxygen atoms in total. The van der Waals surface area contributed by atoms with Gasteiger partial charge in [0.2, 0.25) is 10.0 Å². The molecule has 0 saturated carbocycles. The molecule has 0 N–H and O–H groups in total. The number of nitrogens with zero attached hydrogens (tertiary/aromatic N) is 5. The minimum Gasteiger partial charge on any atom is -0.458 e. The molecule has 1 unspecified atom stereocenters. The highest BCUT2D eigenvalue weighted by atomic mass is 32.2. The molecule has 0 aliphatic carbocycles. The largest absolute Gasteiger partial charge is 0.458 e. The number of ether oxygens (including phenoxy) is 1. The Balaban J connectivity index is 1.61. The average molecular weight is 510 g/mol. The molecule has 1 aliphatic rings. The molecule has 1 atom stereocenters. The molecule has 1 aromatic carbocycles. The molecule has 4 rings (SSSR count). The zero-order chi connectivity index (χ0) is 26.0. The van der Waals surface area contributed by atoms with Gasteiger partial charge in [0.25, 0.3) is 5.91 Å². The number of pyridine rings is 1. The predicted octanol–water partition coefficient (Wildman–Crippen LogP) is 2.52. The van der Waals surface area contributed by atoms with E-state index in [0.717, 1.165) is 5.39 Å². The third-order valence-electron chi connectivity index (χ3n) is 5.98. The van der Waals surface area contributed by atoms with E-state index in [1.807, 2.05) is 12.1 Å². The Morgan fingerprint density at radius 1 is 1.17 bits per heavy atom. The number of amides is 1. The SMILES string of the molecule is C=CCOC(=O)c1c(C)nc(C)nc1C(=O)N1CCN(S(=O)(=O)c2cccc3cccnc23)C(C)C1. The second-order valence-corrected chi connectivity index (χ2v) is 10.4. The van der Waals surface area contributed by atoms with Crippen molar-refractivity contribution in [3.8, 4) is 0 Å². The number of carbonyl (C=O) groups excluding carboxylic acids is 2. The van der Waals surface area contributed by atoms with Crippen LogP contribution in [0, 0.1) is 13.8 Å². The van der Waals surface area contributed by atoms with E-state index in [2.05, 4.69) is 21.5 Å². The first-order valence-electron chi connectivity index (χ1n) is 11.4. The maximum Gasteiger partial charge on any atom is 0.342 e.